The monoisotopic (exact) mass is 143 g/mol. The quantitative estimate of drug-likeness (QED) is 0.476. The van der Waals surface area contributed by atoms with Crippen molar-refractivity contribution >= 4 is 5.78 Å². The standard InChI is InChI=1S/C6H13NO.C2H4/c1-3-4-7-5-6(2)8;1-2/h7H,3-5H2,1-2H3;1-2H2. The molecule has 0 fully saturated rings. The molecule has 0 rings (SSSR count). The van der Waals surface area contributed by atoms with Crippen molar-refractivity contribution in [1.82, 2.24) is 5.32 Å². The van der Waals surface area contributed by atoms with Gasteiger partial charge in [0.1, 0.15) is 5.78 Å². The number of carbonyl (C=O) groups is 1. The van der Waals surface area contributed by atoms with E-state index in [0.29, 0.717) is 6.54 Å². The fourth-order valence-electron chi connectivity index (χ4n) is 0.441. The van der Waals surface area contributed by atoms with Crippen LogP contribution in [0.1, 0.15) is 20.3 Å². The van der Waals surface area contributed by atoms with E-state index in [1.165, 1.54) is 0 Å². The topological polar surface area (TPSA) is 29.1 Å². The highest BCUT2D eigenvalue weighted by atomic mass is 16.1. The molecule has 0 saturated carbocycles. The molecule has 1 N–H and O–H groups in total. The third-order valence-electron chi connectivity index (χ3n) is 0.801. The maximum absolute atomic E-state index is 10.3. The summed E-state index contributed by atoms with van der Waals surface area (Å²) < 4.78 is 0. The van der Waals surface area contributed by atoms with Crippen LogP contribution in [0.5, 0.6) is 0 Å². The molecule has 0 aromatic carbocycles. The van der Waals surface area contributed by atoms with Crippen molar-refractivity contribution in [2.75, 3.05) is 13.1 Å². The van der Waals surface area contributed by atoms with E-state index in [0.717, 1.165) is 13.0 Å². The molecule has 60 valence electrons. The Morgan fingerprint density at radius 3 is 2.30 bits per heavy atom. The van der Waals surface area contributed by atoms with Gasteiger partial charge in [0.05, 0.1) is 6.54 Å². The molecule has 2 nitrogen and oxygen atoms in total. The average Bonchev–Trinajstić information content (AvgIpc) is 1.92. The predicted molar refractivity (Wildman–Crippen MR) is 45.1 cm³/mol. The molecular weight excluding hydrogens is 126 g/mol. The lowest BCUT2D eigenvalue weighted by molar-refractivity contribution is -0.116. The lowest BCUT2D eigenvalue weighted by atomic mass is 10.4. The van der Waals surface area contributed by atoms with E-state index in [9.17, 15) is 4.79 Å². The van der Waals surface area contributed by atoms with Crippen LogP contribution in [-0.4, -0.2) is 18.9 Å². The van der Waals surface area contributed by atoms with Crippen LogP contribution in [0.25, 0.3) is 0 Å². The molecule has 0 unspecified atom stereocenters. The fraction of sp³-hybridized carbons (Fsp3) is 0.625. The van der Waals surface area contributed by atoms with Gasteiger partial charge in [-0.15, -0.1) is 13.2 Å². The zero-order chi connectivity index (χ0) is 8.41. The Morgan fingerprint density at radius 1 is 1.50 bits per heavy atom. The van der Waals surface area contributed by atoms with Crippen molar-refractivity contribution in [1.29, 1.82) is 0 Å². The van der Waals surface area contributed by atoms with Crippen LogP contribution in [0.3, 0.4) is 0 Å². The fourth-order valence-corrected chi connectivity index (χ4v) is 0.441. The molecule has 0 aromatic rings. The molecule has 0 aromatic heterocycles. The summed E-state index contributed by atoms with van der Waals surface area (Å²) in [4.78, 5) is 10.3. The summed E-state index contributed by atoms with van der Waals surface area (Å²) in [5.74, 6) is 0.207. The van der Waals surface area contributed by atoms with Gasteiger partial charge in [0, 0.05) is 0 Å². The molecule has 0 aliphatic heterocycles. The van der Waals surface area contributed by atoms with Crippen molar-refractivity contribution in [3.63, 3.8) is 0 Å². The Hall–Kier alpha value is -0.630. The first kappa shape index (κ1) is 12.1. The summed E-state index contributed by atoms with van der Waals surface area (Å²) in [6, 6.07) is 0. The second kappa shape index (κ2) is 11.2. The summed E-state index contributed by atoms with van der Waals surface area (Å²) in [7, 11) is 0. The minimum absolute atomic E-state index is 0.207. The Balaban J connectivity index is 0. The molecular formula is C8H17NO. The molecule has 2 heteroatoms. The van der Waals surface area contributed by atoms with Gasteiger partial charge in [0.2, 0.25) is 0 Å². The molecule has 0 spiro atoms. The number of hydrogen-bond donors (Lipinski definition) is 1. The van der Waals surface area contributed by atoms with Crippen molar-refractivity contribution in [3.8, 4) is 0 Å². The maximum Gasteiger partial charge on any atom is 0.143 e. The van der Waals surface area contributed by atoms with Crippen LogP contribution < -0.4 is 5.32 Å². The molecule has 0 saturated heterocycles. The van der Waals surface area contributed by atoms with Gasteiger partial charge in [0.15, 0.2) is 0 Å². The van der Waals surface area contributed by atoms with Gasteiger partial charge in [-0.25, -0.2) is 0 Å². The smallest absolute Gasteiger partial charge is 0.143 e. The van der Waals surface area contributed by atoms with Crippen LogP contribution in [0, 0.1) is 0 Å². The summed E-state index contributed by atoms with van der Waals surface area (Å²) in [5.41, 5.74) is 0. The molecule has 0 aliphatic carbocycles. The first-order chi connectivity index (χ1) is 4.77. The van der Waals surface area contributed by atoms with Crippen molar-refractivity contribution < 1.29 is 4.79 Å². The summed E-state index contributed by atoms with van der Waals surface area (Å²) >= 11 is 0. The number of nitrogens with one attached hydrogen (secondary N) is 1. The Bertz CT molecular complexity index is 81.3. The normalized spacial score (nSPS) is 7.80. The summed E-state index contributed by atoms with van der Waals surface area (Å²) in [6.45, 7) is 11.1. The first-order valence-corrected chi connectivity index (χ1v) is 3.47. The zero-order valence-corrected chi connectivity index (χ0v) is 6.94. The van der Waals surface area contributed by atoms with E-state index in [4.69, 9.17) is 0 Å². The average molecular weight is 143 g/mol. The molecule has 0 heterocycles. The largest absolute Gasteiger partial charge is 0.310 e. The highest BCUT2D eigenvalue weighted by Gasteiger charge is 1.87. The van der Waals surface area contributed by atoms with E-state index in [1.807, 2.05) is 0 Å². The molecule has 0 amide bonds. The van der Waals surface area contributed by atoms with E-state index >= 15 is 0 Å². The lowest BCUT2D eigenvalue weighted by Gasteiger charge is -1.95. The Labute approximate surface area is 63.3 Å². The highest BCUT2D eigenvalue weighted by molar-refractivity contribution is 5.77. The van der Waals surface area contributed by atoms with Crippen LogP contribution in [-0.2, 0) is 4.79 Å². The van der Waals surface area contributed by atoms with Crippen molar-refractivity contribution in [2.24, 2.45) is 0 Å². The van der Waals surface area contributed by atoms with Crippen molar-refractivity contribution in [2.45, 2.75) is 20.3 Å². The molecule has 0 aliphatic rings. The summed E-state index contributed by atoms with van der Waals surface area (Å²) in [5, 5.41) is 2.98. The number of carbonyl (C=O) groups excluding carboxylic acids is 1. The molecule has 0 radical (unpaired) electrons. The van der Waals surface area contributed by atoms with Crippen LogP contribution in [0.2, 0.25) is 0 Å². The minimum Gasteiger partial charge on any atom is -0.310 e. The second-order valence-electron chi connectivity index (χ2n) is 1.88. The number of rotatable bonds is 4. The number of hydrogen-bond acceptors (Lipinski definition) is 2. The van der Waals surface area contributed by atoms with Gasteiger partial charge in [-0.2, -0.15) is 0 Å². The van der Waals surface area contributed by atoms with Gasteiger partial charge < -0.3 is 5.32 Å². The van der Waals surface area contributed by atoms with E-state index < -0.39 is 0 Å². The summed E-state index contributed by atoms with van der Waals surface area (Å²) in [6.07, 6.45) is 1.09. The lowest BCUT2D eigenvalue weighted by Crippen LogP contribution is -2.21. The number of ketones is 1. The predicted octanol–water partition coefficient (Wildman–Crippen LogP) is 1.38. The van der Waals surface area contributed by atoms with Gasteiger partial charge in [-0.1, -0.05) is 6.92 Å². The van der Waals surface area contributed by atoms with Crippen molar-refractivity contribution in [3.05, 3.63) is 13.2 Å². The van der Waals surface area contributed by atoms with E-state index in [2.05, 4.69) is 25.4 Å². The number of Topliss-reactive ketones (excluding diaryl/α,β-unsaturated/α-hetero) is 1. The minimum atomic E-state index is 0.207. The third-order valence-corrected chi connectivity index (χ3v) is 0.801. The molecule has 10 heavy (non-hydrogen) atoms. The van der Waals surface area contributed by atoms with Crippen LogP contribution >= 0.6 is 0 Å². The first-order valence-electron chi connectivity index (χ1n) is 3.47. The molecule has 0 atom stereocenters. The SMILES string of the molecule is C=C.CCCNCC(C)=O. The molecule has 0 bridgehead atoms. The van der Waals surface area contributed by atoms with Crippen LogP contribution in [0.4, 0.5) is 0 Å². The van der Waals surface area contributed by atoms with Gasteiger partial charge >= 0.3 is 0 Å². The third kappa shape index (κ3) is 15.7. The maximum atomic E-state index is 10.3. The van der Waals surface area contributed by atoms with Gasteiger partial charge in [-0.05, 0) is 19.9 Å². The van der Waals surface area contributed by atoms with E-state index in [-0.39, 0.29) is 5.78 Å². The van der Waals surface area contributed by atoms with Gasteiger partial charge in [-0.3, -0.25) is 4.79 Å². The van der Waals surface area contributed by atoms with E-state index in [1.54, 1.807) is 6.92 Å². The zero-order valence-electron chi connectivity index (χ0n) is 6.94. The Kier molecular flexibility index (Phi) is 13.5. The second-order valence-corrected chi connectivity index (χ2v) is 1.88. The van der Waals surface area contributed by atoms with Gasteiger partial charge in [0.25, 0.3) is 0 Å². The van der Waals surface area contributed by atoms with Crippen LogP contribution in [0.15, 0.2) is 13.2 Å². The Morgan fingerprint density at radius 2 is 2.00 bits per heavy atom. The highest BCUT2D eigenvalue weighted by Crippen LogP contribution is 1.69.